The van der Waals surface area contributed by atoms with Crippen LogP contribution >= 0.6 is 0 Å². The third-order valence-electron chi connectivity index (χ3n) is 1.79. The van der Waals surface area contributed by atoms with Crippen molar-refractivity contribution in [2.24, 2.45) is 0 Å². The first-order valence-corrected chi connectivity index (χ1v) is 6.11. The molecule has 9 heteroatoms. The fourth-order valence-electron chi connectivity index (χ4n) is 1.15. The summed E-state index contributed by atoms with van der Waals surface area (Å²) in [5.74, 6) is 0. The Bertz CT molecular complexity index is 403. The summed E-state index contributed by atoms with van der Waals surface area (Å²) in [4.78, 5) is 11.5. The minimum atomic E-state index is -4.47. The molecule has 17 heavy (non-hydrogen) atoms. The van der Waals surface area contributed by atoms with Crippen LogP contribution in [0.3, 0.4) is 0 Å². The lowest BCUT2D eigenvalue weighted by molar-refractivity contribution is 0.0140. The maximum absolute atomic E-state index is 12.5. The van der Waals surface area contributed by atoms with Crippen molar-refractivity contribution in [1.29, 1.82) is 0 Å². The Morgan fingerprint density at radius 3 is 2.41 bits per heavy atom. The molecule has 6 nitrogen and oxygen atoms in total. The highest BCUT2D eigenvalue weighted by Crippen LogP contribution is 2.25. The monoisotopic (exact) mass is 273 g/mol. The number of carbonyl (C=O) groups excluding carboxylic acids is 1. The summed E-state index contributed by atoms with van der Waals surface area (Å²) >= 11 is 0. The van der Waals surface area contributed by atoms with Gasteiger partial charge in [-0.25, -0.2) is 13.6 Å². The molecule has 1 amide bonds. The topological polar surface area (TPSA) is 72.9 Å². The van der Waals surface area contributed by atoms with Crippen molar-refractivity contribution in [1.82, 2.24) is 4.31 Å². The summed E-state index contributed by atoms with van der Waals surface area (Å²) in [6, 6.07) is -1.84. The Kier molecular flexibility index (Phi) is 3.63. The van der Waals surface area contributed by atoms with Crippen LogP contribution < -0.4 is 0 Å². The molecule has 1 atom stereocenters. The number of nitrogens with zero attached hydrogens (tertiary/aromatic N) is 1. The second-order valence-corrected chi connectivity index (χ2v) is 5.90. The van der Waals surface area contributed by atoms with Gasteiger partial charge in [0.2, 0.25) is 0 Å². The van der Waals surface area contributed by atoms with Crippen LogP contribution in [-0.4, -0.2) is 43.5 Å². The van der Waals surface area contributed by atoms with E-state index in [1.54, 1.807) is 0 Å². The molecular weight excluding hydrogens is 260 g/mol. The number of hydrogen-bond acceptors (Lipinski definition) is 5. The molecule has 0 aromatic heterocycles. The quantitative estimate of drug-likeness (QED) is 0.716. The van der Waals surface area contributed by atoms with E-state index in [1.165, 1.54) is 20.8 Å². The van der Waals surface area contributed by atoms with Crippen molar-refractivity contribution in [2.75, 3.05) is 6.61 Å². The molecule has 0 saturated carbocycles. The Morgan fingerprint density at radius 2 is 2.00 bits per heavy atom. The van der Waals surface area contributed by atoms with Crippen LogP contribution in [0.1, 0.15) is 20.8 Å². The number of alkyl halides is 2. The minimum absolute atomic E-state index is 0.0527. The van der Waals surface area contributed by atoms with E-state index in [2.05, 4.69) is 4.18 Å². The normalized spacial score (nSPS) is 24.1. The fourth-order valence-corrected chi connectivity index (χ4v) is 2.28. The van der Waals surface area contributed by atoms with Gasteiger partial charge >= 0.3 is 16.4 Å². The molecule has 0 aromatic carbocycles. The molecule has 0 N–H and O–H groups in total. The van der Waals surface area contributed by atoms with Crippen molar-refractivity contribution in [2.45, 2.75) is 38.8 Å². The van der Waals surface area contributed by atoms with Crippen LogP contribution in [0, 0.1) is 0 Å². The second kappa shape index (κ2) is 4.37. The first-order valence-electron chi connectivity index (χ1n) is 4.74. The van der Waals surface area contributed by atoms with E-state index < -0.39 is 41.1 Å². The van der Waals surface area contributed by atoms with E-state index >= 15 is 0 Å². The van der Waals surface area contributed by atoms with Gasteiger partial charge in [-0.3, -0.25) is 4.18 Å². The molecule has 1 aliphatic heterocycles. The van der Waals surface area contributed by atoms with Gasteiger partial charge in [0.15, 0.2) is 0 Å². The zero-order valence-corrected chi connectivity index (χ0v) is 10.3. The SMILES string of the molecule is CC(C)(C)OC(=O)N1[C@H](C(F)F)COS1(=O)=O. The second-order valence-electron chi connectivity index (χ2n) is 4.42. The number of halogens is 2. The Balaban J connectivity index is 2.95. The highest BCUT2D eigenvalue weighted by Gasteiger charge is 2.48. The number of ether oxygens (including phenoxy) is 1. The predicted molar refractivity (Wildman–Crippen MR) is 52.7 cm³/mol. The van der Waals surface area contributed by atoms with Gasteiger partial charge in [0, 0.05) is 0 Å². The lowest BCUT2D eigenvalue weighted by Crippen LogP contribution is -2.45. The zero-order chi connectivity index (χ0) is 13.4. The Morgan fingerprint density at radius 1 is 1.47 bits per heavy atom. The van der Waals surface area contributed by atoms with Crippen LogP contribution in [0.25, 0.3) is 0 Å². The highest BCUT2D eigenvalue weighted by molar-refractivity contribution is 7.85. The molecule has 0 aromatic rings. The van der Waals surface area contributed by atoms with Crippen LogP contribution in [0.5, 0.6) is 0 Å². The summed E-state index contributed by atoms with van der Waals surface area (Å²) in [6.07, 6.45) is -4.39. The number of carbonyl (C=O) groups is 1. The molecule has 1 fully saturated rings. The van der Waals surface area contributed by atoms with Gasteiger partial charge in [-0.15, -0.1) is 0 Å². The third-order valence-corrected chi connectivity index (χ3v) is 3.13. The molecule has 0 spiro atoms. The Hall–Kier alpha value is -0.960. The third kappa shape index (κ3) is 3.25. The fraction of sp³-hybridized carbons (Fsp3) is 0.875. The zero-order valence-electron chi connectivity index (χ0n) is 9.51. The lowest BCUT2D eigenvalue weighted by Gasteiger charge is -2.25. The summed E-state index contributed by atoms with van der Waals surface area (Å²) in [5.41, 5.74) is -0.984. The average molecular weight is 273 g/mol. The standard InChI is InChI=1S/C8H13F2NO5S/c1-8(2,3)16-7(12)11-5(6(9)10)4-15-17(11,13)14/h5-6H,4H2,1-3H3/t5-/m0/s1. The van der Waals surface area contributed by atoms with E-state index in [9.17, 15) is 22.0 Å². The minimum Gasteiger partial charge on any atom is -0.443 e. The van der Waals surface area contributed by atoms with Crippen molar-refractivity contribution in [3.8, 4) is 0 Å². The molecular formula is C8H13F2NO5S. The Labute approximate surface area is 97.7 Å². The molecule has 1 aliphatic rings. The van der Waals surface area contributed by atoms with Gasteiger partial charge in [-0.05, 0) is 20.8 Å². The van der Waals surface area contributed by atoms with Crippen LogP contribution in [0.15, 0.2) is 0 Å². The molecule has 1 rings (SSSR count). The van der Waals surface area contributed by atoms with E-state index in [4.69, 9.17) is 4.74 Å². The number of rotatable bonds is 1. The van der Waals surface area contributed by atoms with Crippen molar-refractivity contribution < 1.29 is 30.9 Å². The molecule has 0 radical (unpaired) electrons. The smallest absolute Gasteiger partial charge is 0.426 e. The van der Waals surface area contributed by atoms with Gasteiger partial charge in [0.05, 0.1) is 6.61 Å². The summed E-state index contributed by atoms with van der Waals surface area (Å²) in [6.45, 7) is 3.71. The molecule has 100 valence electrons. The highest BCUT2D eigenvalue weighted by atomic mass is 32.2. The lowest BCUT2D eigenvalue weighted by atomic mass is 10.2. The van der Waals surface area contributed by atoms with E-state index in [1.807, 2.05) is 0 Å². The first-order chi connectivity index (χ1) is 7.54. The van der Waals surface area contributed by atoms with Crippen molar-refractivity contribution >= 4 is 16.4 Å². The van der Waals surface area contributed by atoms with Gasteiger partial charge in [-0.2, -0.15) is 12.7 Å². The molecule has 1 saturated heterocycles. The summed E-state index contributed by atoms with van der Waals surface area (Å²) in [5, 5.41) is 0. The van der Waals surface area contributed by atoms with Gasteiger partial charge in [0.25, 0.3) is 6.43 Å². The maximum atomic E-state index is 12.5. The maximum Gasteiger partial charge on any atom is 0.426 e. The molecule has 0 unspecified atom stereocenters. The van der Waals surface area contributed by atoms with Gasteiger partial charge in [0.1, 0.15) is 11.6 Å². The van der Waals surface area contributed by atoms with Crippen LogP contribution in [0.2, 0.25) is 0 Å². The predicted octanol–water partition coefficient (Wildman–Crippen LogP) is 1.13. The van der Waals surface area contributed by atoms with Crippen molar-refractivity contribution in [3.63, 3.8) is 0 Å². The largest absolute Gasteiger partial charge is 0.443 e. The van der Waals surface area contributed by atoms with E-state index in [0.29, 0.717) is 0 Å². The van der Waals surface area contributed by atoms with Crippen LogP contribution in [0.4, 0.5) is 13.6 Å². The van der Waals surface area contributed by atoms with Gasteiger partial charge < -0.3 is 4.74 Å². The van der Waals surface area contributed by atoms with Crippen LogP contribution in [-0.2, 0) is 19.2 Å². The van der Waals surface area contributed by atoms with E-state index in [0.717, 1.165) is 0 Å². The van der Waals surface area contributed by atoms with E-state index in [-0.39, 0.29) is 4.31 Å². The average Bonchev–Trinajstić information content (AvgIpc) is 2.37. The molecule has 0 bridgehead atoms. The molecule has 1 heterocycles. The van der Waals surface area contributed by atoms with Gasteiger partial charge in [-0.1, -0.05) is 0 Å². The number of amides is 1. The number of hydrogen-bond donors (Lipinski definition) is 0. The summed E-state index contributed by atoms with van der Waals surface area (Å²) < 4.78 is 56.5. The molecule has 0 aliphatic carbocycles. The van der Waals surface area contributed by atoms with Crippen molar-refractivity contribution in [3.05, 3.63) is 0 Å². The first kappa shape index (κ1) is 14.1. The summed E-state index contributed by atoms with van der Waals surface area (Å²) in [7, 11) is -4.47.